The first-order valence-corrected chi connectivity index (χ1v) is 8.92. The lowest BCUT2D eigenvalue weighted by atomic mass is 9.67. The van der Waals surface area contributed by atoms with Gasteiger partial charge in [-0.2, -0.15) is 0 Å². The second kappa shape index (κ2) is 8.03. The van der Waals surface area contributed by atoms with Gasteiger partial charge in [-0.25, -0.2) is 4.57 Å². The lowest BCUT2D eigenvalue weighted by Gasteiger charge is -2.24. The Kier molecular flexibility index (Phi) is 7.39. The van der Waals surface area contributed by atoms with Gasteiger partial charge in [0.25, 0.3) is 0 Å². The fraction of sp³-hybridized carbons (Fsp3) is 1.00. The highest BCUT2D eigenvalue weighted by molar-refractivity contribution is 8.44. The molecule has 1 heterocycles. The molecule has 1 aliphatic heterocycles. The fourth-order valence-corrected chi connectivity index (χ4v) is 3.20. The molecule has 9 heteroatoms. The zero-order valence-corrected chi connectivity index (χ0v) is 13.6. The molecule has 0 N–H and O–H groups in total. The van der Waals surface area contributed by atoms with Gasteiger partial charge in [0.15, 0.2) is 7.28 Å². The van der Waals surface area contributed by atoms with Gasteiger partial charge in [0, 0.05) is 21.3 Å². The highest BCUT2D eigenvalue weighted by Crippen LogP contribution is 2.54. The lowest BCUT2D eigenvalue weighted by Crippen LogP contribution is -2.39. The largest absolute Gasteiger partial charge is 0.386 e. The third-order valence-corrected chi connectivity index (χ3v) is 4.81. The zero-order chi connectivity index (χ0) is 14.5. The van der Waals surface area contributed by atoms with Crippen molar-refractivity contribution in [2.75, 3.05) is 27.9 Å². The van der Waals surface area contributed by atoms with Crippen molar-refractivity contribution in [3.63, 3.8) is 0 Å². The van der Waals surface area contributed by atoms with Gasteiger partial charge < -0.3 is 18.7 Å². The monoisotopic (exact) mass is 312 g/mol. The number of hydrogen-bond donors (Lipinski definition) is 1. The van der Waals surface area contributed by atoms with Gasteiger partial charge in [0.1, 0.15) is 18.3 Å². The van der Waals surface area contributed by atoms with Crippen LogP contribution in [0.5, 0.6) is 0 Å². The van der Waals surface area contributed by atoms with Crippen LogP contribution < -0.4 is 0 Å². The summed E-state index contributed by atoms with van der Waals surface area (Å²) in [4.78, 5) is 0. The van der Waals surface area contributed by atoms with E-state index in [1.54, 1.807) is 14.2 Å². The van der Waals surface area contributed by atoms with E-state index in [9.17, 15) is 4.57 Å². The van der Waals surface area contributed by atoms with Gasteiger partial charge in [-0.15, -0.1) is 0 Å². The topological polar surface area (TPSA) is 63.2 Å². The van der Waals surface area contributed by atoms with E-state index >= 15 is 0 Å². The third kappa shape index (κ3) is 4.74. The predicted molar refractivity (Wildman–Crippen MR) is 77.4 cm³/mol. The Balaban J connectivity index is 2.83. The highest BCUT2D eigenvalue weighted by Gasteiger charge is 2.47. The smallest absolute Gasteiger partial charge is 0.382 e. The average Bonchev–Trinajstić information content (AvgIpc) is 2.67. The molecule has 5 atom stereocenters. The van der Waals surface area contributed by atoms with Crippen molar-refractivity contribution < 1.29 is 27.8 Å². The second-order valence-corrected chi connectivity index (χ2v) is 7.36. The molecule has 1 rings (SSSR count). The molecule has 1 fully saturated rings. The molecule has 0 aromatic carbocycles. The van der Waals surface area contributed by atoms with Crippen molar-refractivity contribution in [1.29, 1.82) is 0 Å². The molecule has 0 bridgehead atoms. The Morgan fingerprint density at radius 3 is 2.47 bits per heavy atom. The Morgan fingerprint density at radius 1 is 1.32 bits per heavy atom. The molecular formula is C10H22BO6PS. The fourth-order valence-electron chi connectivity index (χ4n) is 2.23. The Labute approximate surface area is 120 Å². The summed E-state index contributed by atoms with van der Waals surface area (Å²) < 4.78 is 38.5. The first-order valence-electron chi connectivity index (χ1n) is 6.23. The normalized spacial score (nSPS) is 34.2. The van der Waals surface area contributed by atoms with Crippen molar-refractivity contribution >= 4 is 26.3 Å². The number of thiol groups is 1. The minimum atomic E-state index is -3.40. The maximum absolute atomic E-state index is 11.9. The predicted octanol–water partition coefficient (Wildman–Crippen LogP) is 1.32. The van der Waals surface area contributed by atoms with Crippen LogP contribution in [0.1, 0.15) is 6.92 Å². The summed E-state index contributed by atoms with van der Waals surface area (Å²) in [5.74, 6) is 0. The summed E-state index contributed by atoms with van der Waals surface area (Å²) in [7, 11) is 5.28. The number of methoxy groups -OCH3 is 2. The van der Waals surface area contributed by atoms with Crippen LogP contribution in [0.15, 0.2) is 0 Å². The van der Waals surface area contributed by atoms with Gasteiger partial charge in [-0.3, -0.25) is 4.52 Å². The minimum Gasteiger partial charge on any atom is -0.382 e. The van der Waals surface area contributed by atoms with Crippen LogP contribution in [-0.4, -0.2) is 59.5 Å². The number of hydrogen-bond acceptors (Lipinski definition) is 6. The summed E-state index contributed by atoms with van der Waals surface area (Å²) in [5.41, 5.74) is 0. The second-order valence-electron chi connectivity index (χ2n) is 4.38. The molecule has 0 aromatic rings. The summed E-state index contributed by atoms with van der Waals surface area (Å²) in [6, 6.07) is -0.106. The van der Waals surface area contributed by atoms with E-state index in [1.807, 2.05) is 0 Å². The van der Waals surface area contributed by atoms with E-state index in [0.717, 1.165) is 13.6 Å². The van der Waals surface area contributed by atoms with Crippen LogP contribution in [0.3, 0.4) is 0 Å². The third-order valence-electron chi connectivity index (χ3n) is 3.07. The summed E-state index contributed by atoms with van der Waals surface area (Å²) >= 11 is 3.89. The summed E-state index contributed by atoms with van der Waals surface area (Å²) in [6.07, 6.45) is -0.220. The van der Waals surface area contributed by atoms with Crippen LogP contribution in [0.2, 0.25) is 6.32 Å². The Hall–Kier alpha value is 0.445. The van der Waals surface area contributed by atoms with E-state index in [4.69, 9.17) is 23.3 Å². The maximum atomic E-state index is 11.9. The SMILES string of the molecule is CCBC1OC(COC)C(OP(=O)(S)OC)C1OC. The molecule has 0 saturated carbocycles. The molecule has 0 radical (unpaired) electrons. The lowest BCUT2D eigenvalue weighted by molar-refractivity contribution is -0.0163. The summed E-state index contributed by atoms with van der Waals surface area (Å²) in [6.45, 7) is -1.00. The van der Waals surface area contributed by atoms with Gasteiger partial charge >= 0.3 is 6.80 Å². The van der Waals surface area contributed by atoms with Crippen molar-refractivity contribution in [1.82, 2.24) is 0 Å². The van der Waals surface area contributed by atoms with Crippen LogP contribution in [0.4, 0.5) is 0 Å². The Bertz CT molecular complexity index is 320. The first kappa shape index (κ1) is 17.5. The average molecular weight is 312 g/mol. The van der Waals surface area contributed by atoms with Crippen LogP contribution in [-0.2, 0) is 27.8 Å². The van der Waals surface area contributed by atoms with E-state index < -0.39 is 12.9 Å². The molecule has 0 spiro atoms. The van der Waals surface area contributed by atoms with Gasteiger partial charge in [-0.1, -0.05) is 25.5 Å². The molecular weight excluding hydrogens is 290 g/mol. The molecule has 0 aromatic heterocycles. The molecule has 0 amide bonds. The molecule has 1 saturated heterocycles. The molecule has 6 nitrogen and oxygen atoms in total. The van der Waals surface area contributed by atoms with Gasteiger partial charge in [0.2, 0.25) is 0 Å². The van der Waals surface area contributed by atoms with Crippen LogP contribution in [0.25, 0.3) is 0 Å². The molecule has 0 aliphatic carbocycles. The van der Waals surface area contributed by atoms with Gasteiger partial charge in [-0.05, 0) is 0 Å². The minimum absolute atomic E-state index is 0.106. The van der Waals surface area contributed by atoms with Crippen molar-refractivity contribution in [3.8, 4) is 0 Å². The first-order chi connectivity index (χ1) is 8.99. The number of ether oxygens (including phenoxy) is 3. The van der Waals surface area contributed by atoms with Gasteiger partial charge in [0.05, 0.1) is 12.6 Å². The summed E-state index contributed by atoms with van der Waals surface area (Å²) in [5, 5.41) is 0. The van der Waals surface area contributed by atoms with Crippen molar-refractivity contribution in [2.24, 2.45) is 0 Å². The quantitative estimate of drug-likeness (QED) is 0.414. The molecule has 1 aliphatic rings. The van der Waals surface area contributed by atoms with Crippen LogP contribution >= 0.6 is 19.0 Å². The Morgan fingerprint density at radius 2 is 2.00 bits per heavy atom. The van der Waals surface area contributed by atoms with E-state index in [-0.39, 0.29) is 18.2 Å². The van der Waals surface area contributed by atoms with E-state index in [0.29, 0.717) is 6.61 Å². The van der Waals surface area contributed by atoms with Crippen molar-refractivity contribution in [2.45, 2.75) is 37.6 Å². The van der Waals surface area contributed by atoms with Crippen LogP contribution in [0, 0.1) is 0 Å². The molecule has 19 heavy (non-hydrogen) atoms. The standard InChI is InChI=1S/C10H22BO6PS/c1-5-11-10-9(14-3)8(7(16-10)6-13-2)17-18(12,19)15-4/h7-11H,5-6H2,1-4H3,(H,12,19). The number of rotatable bonds is 8. The molecule has 5 unspecified atom stereocenters. The highest BCUT2D eigenvalue weighted by atomic mass is 32.7. The van der Waals surface area contributed by atoms with Crippen molar-refractivity contribution in [3.05, 3.63) is 0 Å². The maximum Gasteiger partial charge on any atom is 0.386 e. The molecule has 112 valence electrons. The van der Waals surface area contributed by atoms with E-state index in [1.165, 1.54) is 7.11 Å². The zero-order valence-electron chi connectivity index (χ0n) is 11.8. The van der Waals surface area contributed by atoms with E-state index in [2.05, 4.69) is 19.2 Å².